The fourth-order valence-electron chi connectivity index (χ4n) is 2.94. The highest BCUT2D eigenvalue weighted by Crippen LogP contribution is 2.30. The summed E-state index contributed by atoms with van der Waals surface area (Å²) in [6.07, 6.45) is 1.36. The van der Waals surface area contributed by atoms with Crippen molar-refractivity contribution in [1.29, 1.82) is 0 Å². The molecule has 1 aromatic heterocycles. The van der Waals surface area contributed by atoms with Gasteiger partial charge in [-0.05, 0) is 24.3 Å². The number of thioether (sulfide) groups is 1. The van der Waals surface area contributed by atoms with Crippen LogP contribution in [0.15, 0.2) is 69.8 Å². The maximum atomic E-state index is 14.1. The van der Waals surface area contributed by atoms with Crippen LogP contribution in [0.25, 0.3) is 6.08 Å². The first-order chi connectivity index (χ1) is 15.0. The molecule has 2 aromatic carbocycles. The number of carbonyl (C=O) groups excluding carboxylic acids is 2. The number of aryl methyl sites for hydroxylation is 1. The van der Waals surface area contributed by atoms with Crippen LogP contribution in [0.3, 0.4) is 0 Å². The van der Waals surface area contributed by atoms with E-state index in [-0.39, 0.29) is 27.9 Å². The first kappa shape index (κ1) is 20.5. The van der Waals surface area contributed by atoms with Crippen molar-refractivity contribution in [3.8, 4) is 5.95 Å². The Morgan fingerprint density at radius 2 is 1.94 bits per heavy atom. The van der Waals surface area contributed by atoms with Crippen molar-refractivity contribution < 1.29 is 28.3 Å². The van der Waals surface area contributed by atoms with Crippen molar-refractivity contribution in [2.75, 3.05) is 10.7 Å². The van der Waals surface area contributed by atoms with Gasteiger partial charge in [-0.15, -0.1) is 0 Å². The maximum absolute atomic E-state index is 14.1. The maximum Gasteiger partial charge on any atom is 0.300 e. The van der Waals surface area contributed by atoms with Crippen LogP contribution in [0, 0.1) is 5.82 Å². The number of amides is 1. The molecule has 0 aliphatic carbocycles. The van der Waals surface area contributed by atoms with Crippen LogP contribution in [-0.4, -0.2) is 27.9 Å². The molecule has 1 aliphatic heterocycles. The summed E-state index contributed by atoms with van der Waals surface area (Å²) in [5.74, 6) is -2.47. The summed E-state index contributed by atoms with van der Waals surface area (Å²) in [5, 5.41) is 15.3. The number of ketones is 1. The number of benzene rings is 2. The van der Waals surface area contributed by atoms with E-state index in [9.17, 15) is 19.1 Å². The van der Waals surface area contributed by atoms with Gasteiger partial charge in [0.1, 0.15) is 11.5 Å². The zero-order chi connectivity index (χ0) is 22.0. The van der Waals surface area contributed by atoms with Crippen molar-refractivity contribution in [3.05, 3.63) is 77.4 Å². The van der Waals surface area contributed by atoms with E-state index in [0.29, 0.717) is 5.69 Å². The first-order valence-corrected chi connectivity index (χ1v) is 10.1. The lowest BCUT2D eigenvalue weighted by molar-refractivity contribution is -0.741. The highest BCUT2D eigenvalue weighted by molar-refractivity contribution is 8.14. The molecular weight excluding hydrogens is 423 g/mol. The molecule has 3 aromatic rings. The number of nitrogens with zero attached hydrogens (tertiary/aromatic N) is 4. The zero-order valence-corrected chi connectivity index (χ0v) is 17.0. The van der Waals surface area contributed by atoms with Gasteiger partial charge in [-0.1, -0.05) is 52.8 Å². The highest BCUT2D eigenvalue weighted by Gasteiger charge is 2.33. The smallest absolute Gasteiger partial charge is 0.300 e. The van der Waals surface area contributed by atoms with Gasteiger partial charge < -0.3 is 9.63 Å². The zero-order valence-electron chi connectivity index (χ0n) is 16.2. The van der Waals surface area contributed by atoms with Crippen LogP contribution in [0.4, 0.5) is 10.1 Å². The van der Waals surface area contributed by atoms with Crippen LogP contribution in [0.5, 0.6) is 5.95 Å². The van der Waals surface area contributed by atoms with E-state index in [2.05, 4.69) is 14.8 Å². The molecule has 0 saturated carbocycles. The number of amidine groups is 1. The van der Waals surface area contributed by atoms with Crippen LogP contribution in [-0.2, 0) is 11.8 Å². The number of hydrogen-bond donors (Lipinski definition) is 0. The summed E-state index contributed by atoms with van der Waals surface area (Å²) in [6, 6.07) is 14.8. The number of carbonyl (C=O) groups is 2. The third kappa shape index (κ3) is 4.10. The molecule has 0 N–H and O–H groups in total. The number of rotatable bonds is 5. The predicted molar refractivity (Wildman–Crippen MR) is 110 cm³/mol. The van der Waals surface area contributed by atoms with Crippen LogP contribution < -0.4 is 14.7 Å². The summed E-state index contributed by atoms with van der Waals surface area (Å²) in [4.78, 5) is 31.2. The number of para-hydroxylation sites is 1. The van der Waals surface area contributed by atoms with E-state index in [0.717, 1.165) is 16.4 Å². The third-order valence-electron chi connectivity index (χ3n) is 4.40. The Morgan fingerprint density at radius 3 is 2.61 bits per heavy atom. The van der Waals surface area contributed by atoms with Crippen LogP contribution in [0.2, 0.25) is 0 Å². The Labute approximate surface area is 180 Å². The molecule has 8 nitrogen and oxygen atoms in total. The Balaban J connectivity index is 1.65. The molecule has 0 atom stereocenters. The summed E-state index contributed by atoms with van der Waals surface area (Å²) >= 11 is 0.982. The van der Waals surface area contributed by atoms with Crippen LogP contribution >= 0.6 is 11.8 Å². The average Bonchev–Trinajstić information content (AvgIpc) is 3.27. The van der Waals surface area contributed by atoms with Gasteiger partial charge in [0, 0.05) is 5.56 Å². The third-order valence-corrected chi connectivity index (χ3v) is 5.34. The summed E-state index contributed by atoms with van der Waals surface area (Å²) in [5.41, 5.74) is 0.593. The van der Waals surface area contributed by atoms with Crippen molar-refractivity contribution in [1.82, 2.24) is 5.27 Å². The van der Waals surface area contributed by atoms with Gasteiger partial charge in [0.05, 0.1) is 16.7 Å². The average molecular weight is 438 g/mol. The first-order valence-electron chi connectivity index (χ1n) is 9.09. The van der Waals surface area contributed by atoms with Crippen molar-refractivity contribution >= 4 is 40.4 Å². The second-order valence-electron chi connectivity index (χ2n) is 6.47. The van der Waals surface area contributed by atoms with Gasteiger partial charge in [-0.3, -0.25) is 14.5 Å². The van der Waals surface area contributed by atoms with Gasteiger partial charge in [0.15, 0.2) is 18.2 Å². The van der Waals surface area contributed by atoms with E-state index in [1.165, 1.54) is 30.2 Å². The lowest BCUT2D eigenvalue weighted by atomic mass is 10.1. The molecule has 1 amide bonds. The molecule has 10 heteroatoms. The molecule has 0 spiro atoms. The second-order valence-corrected chi connectivity index (χ2v) is 7.41. The van der Waals surface area contributed by atoms with Crippen LogP contribution in [0.1, 0.15) is 16.1 Å². The lowest BCUT2D eigenvalue weighted by Gasteiger charge is -2.17. The normalized spacial score (nSPS) is 14.9. The number of aliphatic imine (C=N–C) groups is 1. The van der Waals surface area contributed by atoms with Crippen molar-refractivity contribution in [3.63, 3.8) is 0 Å². The Hall–Kier alpha value is -3.79. The molecule has 0 fully saturated rings. The second kappa shape index (κ2) is 8.52. The number of anilines is 1. The van der Waals surface area contributed by atoms with E-state index in [1.807, 2.05) is 0 Å². The molecule has 0 bridgehead atoms. The van der Waals surface area contributed by atoms with Crippen molar-refractivity contribution in [2.45, 2.75) is 0 Å². The minimum Gasteiger partial charge on any atom is -0.539 e. The molecule has 0 saturated heterocycles. The fourth-order valence-corrected chi connectivity index (χ4v) is 3.82. The fraction of sp³-hybridized carbons (Fsp3) is 0.0952. The van der Waals surface area contributed by atoms with Gasteiger partial charge in [0.25, 0.3) is 11.6 Å². The minimum atomic E-state index is -0.836. The molecule has 0 unspecified atom stereocenters. The van der Waals surface area contributed by atoms with E-state index in [4.69, 9.17) is 0 Å². The minimum absolute atomic E-state index is 0.0314. The van der Waals surface area contributed by atoms with E-state index in [1.54, 1.807) is 42.5 Å². The van der Waals surface area contributed by atoms with Gasteiger partial charge in [-0.2, -0.15) is 0 Å². The van der Waals surface area contributed by atoms with E-state index >= 15 is 0 Å². The monoisotopic (exact) mass is 438 g/mol. The standard InChI is InChI=1S/C21H15FN4O4S/c1-25-18(20(29)30-24-25)17(27)12-31-21-23-16(11-13-7-5-6-10-15(13)22)19(28)26(21)14-8-3-2-4-9-14/h2-11H,12H2,1H3/b16-11+. The summed E-state index contributed by atoms with van der Waals surface area (Å²) in [6.45, 7) is 0. The summed E-state index contributed by atoms with van der Waals surface area (Å²) < 4.78 is 19.6. The Kier molecular flexibility index (Phi) is 5.63. The van der Waals surface area contributed by atoms with Gasteiger partial charge >= 0.3 is 0 Å². The van der Waals surface area contributed by atoms with E-state index < -0.39 is 23.5 Å². The predicted octanol–water partition coefficient (Wildman–Crippen LogP) is 2.07. The number of hydrogen-bond acceptors (Lipinski definition) is 7. The highest BCUT2D eigenvalue weighted by atomic mass is 32.2. The van der Waals surface area contributed by atoms with Crippen molar-refractivity contribution in [2.24, 2.45) is 12.0 Å². The van der Waals surface area contributed by atoms with Gasteiger partial charge in [-0.25, -0.2) is 9.38 Å². The Bertz CT molecular complexity index is 1200. The number of aromatic nitrogens is 2. The Morgan fingerprint density at radius 1 is 1.23 bits per heavy atom. The lowest BCUT2D eigenvalue weighted by Crippen LogP contribution is -2.38. The molecule has 4 rings (SSSR count). The number of halogens is 1. The molecule has 2 heterocycles. The largest absolute Gasteiger partial charge is 0.539 e. The quantitative estimate of drug-likeness (QED) is 0.343. The molecule has 1 aliphatic rings. The molecule has 156 valence electrons. The molecule has 31 heavy (non-hydrogen) atoms. The SMILES string of the molecule is C[n+]1noc([O-])c1C(=O)CSC1=N/C(=C/c2ccccc2F)C(=O)N1c1ccccc1. The molecule has 0 radical (unpaired) electrons. The van der Waals surface area contributed by atoms with Gasteiger partial charge in [0.2, 0.25) is 5.78 Å². The topological polar surface area (TPSA) is 103 Å². The number of Topliss-reactive ketones (excluding diaryl/α,β-unsaturated/α-hetero) is 1. The molecular formula is C21H15FN4O4S. The summed E-state index contributed by atoms with van der Waals surface area (Å²) in [7, 11) is 1.42.